The zero-order chi connectivity index (χ0) is 21.7. The molecule has 2 atom stereocenters. The molecule has 0 aromatic heterocycles. The summed E-state index contributed by atoms with van der Waals surface area (Å²) in [6.07, 6.45) is 1.65. The molecular formula is C22H25NO7. The number of methoxy groups -OCH3 is 2. The maximum Gasteiger partial charge on any atom is 0.415 e. The summed E-state index contributed by atoms with van der Waals surface area (Å²) in [5, 5.41) is 0. The molecule has 160 valence electrons. The average Bonchev–Trinajstić information content (AvgIpc) is 2.77. The van der Waals surface area contributed by atoms with Crippen LogP contribution in [0, 0.1) is 11.3 Å². The minimum Gasteiger partial charge on any atom is -0.469 e. The van der Waals surface area contributed by atoms with Crippen molar-refractivity contribution < 1.29 is 33.4 Å². The SMILES string of the molecule is COC(=O)CCC12CN(C(=O)Oc3ccccc3)CCC1C(C(=O)OC)=CCC2=O. The first-order chi connectivity index (χ1) is 14.4. The zero-order valence-electron chi connectivity index (χ0n) is 17.1. The topological polar surface area (TPSA) is 99.2 Å². The van der Waals surface area contributed by atoms with Crippen molar-refractivity contribution in [2.24, 2.45) is 11.3 Å². The van der Waals surface area contributed by atoms with Crippen LogP contribution in [0.5, 0.6) is 5.75 Å². The number of rotatable bonds is 5. The second kappa shape index (κ2) is 9.11. The van der Waals surface area contributed by atoms with Gasteiger partial charge in [0.25, 0.3) is 0 Å². The lowest BCUT2D eigenvalue weighted by molar-refractivity contribution is -0.144. The number of fused-ring (bicyclic) bond motifs is 1. The van der Waals surface area contributed by atoms with Crippen LogP contribution >= 0.6 is 0 Å². The highest BCUT2D eigenvalue weighted by atomic mass is 16.6. The minimum atomic E-state index is -1.07. The summed E-state index contributed by atoms with van der Waals surface area (Å²) in [7, 11) is 2.58. The summed E-state index contributed by atoms with van der Waals surface area (Å²) < 4.78 is 15.1. The Balaban J connectivity index is 1.87. The Morgan fingerprint density at radius 1 is 1.13 bits per heavy atom. The fraction of sp³-hybridized carbons (Fsp3) is 0.455. The summed E-state index contributed by atoms with van der Waals surface area (Å²) in [6.45, 7) is 0.380. The molecule has 0 radical (unpaired) electrons. The van der Waals surface area contributed by atoms with Gasteiger partial charge in [-0.25, -0.2) is 9.59 Å². The number of ketones is 1. The van der Waals surface area contributed by atoms with Crippen LogP contribution in [0.1, 0.15) is 25.7 Å². The molecule has 2 aliphatic rings. The van der Waals surface area contributed by atoms with Gasteiger partial charge in [-0.2, -0.15) is 0 Å². The molecule has 1 aliphatic heterocycles. The van der Waals surface area contributed by atoms with Crippen LogP contribution < -0.4 is 4.74 Å². The van der Waals surface area contributed by atoms with E-state index in [1.165, 1.54) is 19.1 Å². The van der Waals surface area contributed by atoms with Gasteiger partial charge in [-0.1, -0.05) is 24.3 Å². The number of benzene rings is 1. The van der Waals surface area contributed by atoms with Crippen molar-refractivity contribution in [3.05, 3.63) is 42.0 Å². The second-order valence-corrected chi connectivity index (χ2v) is 7.45. The first-order valence-corrected chi connectivity index (χ1v) is 9.81. The van der Waals surface area contributed by atoms with E-state index in [-0.39, 0.29) is 31.6 Å². The van der Waals surface area contributed by atoms with Crippen molar-refractivity contribution in [1.29, 1.82) is 0 Å². The molecule has 0 bridgehead atoms. The van der Waals surface area contributed by atoms with Gasteiger partial charge in [-0.15, -0.1) is 0 Å². The fourth-order valence-electron chi connectivity index (χ4n) is 4.35. The zero-order valence-corrected chi connectivity index (χ0v) is 17.1. The van der Waals surface area contributed by atoms with Crippen molar-refractivity contribution in [1.82, 2.24) is 4.90 Å². The Bertz CT molecular complexity index is 863. The molecular weight excluding hydrogens is 390 g/mol. The first kappa shape index (κ1) is 21.5. The highest BCUT2D eigenvalue weighted by Gasteiger charge is 2.54. The van der Waals surface area contributed by atoms with Crippen LogP contribution in [0.25, 0.3) is 0 Å². The molecule has 0 spiro atoms. The van der Waals surface area contributed by atoms with Gasteiger partial charge in [-0.3, -0.25) is 9.59 Å². The Hall–Kier alpha value is -3.16. The second-order valence-electron chi connectivity index (χ2n) is 7.45. The van der Waals surface area contributed by atoms with E-state index in [0.29, 0.717) is 24.3 Å². The van der Waals surface area contributed by atoms with Crippen molar-refractivity contribution in [2.45, 2.75) is 25.7 Å². The highest BCUT2D eigenvalue weighted by molar-refractivity contribution is 5.97. The van der Waals surface area contributed by atoms with Crippen molar-refractivity contribution in [3.8, 4) is 5.75 Å². The number of carbonyl (C=O) groups is 4. The number of esters is 2. The largest absolute Gasteiger partial charge is 0.469 e. The summed E-state index contributed by atoms with van der Waals surface area (Å²) in [6, 6.07) is 8.66. The Morgan fingerprint density at radius 2 is 1.87 bits per heavy atom. The Kier molecular flexibility index (Phi) is 6.54. The highest BCUT2D eigenvalue weighted by Crippen LogP contribution is 2.48. The van der Waals surface area contributed by atoms with E-state index in [0.717, 1.165) is 0 Å². The molecule has 1 heterocycles. The molecule has 2 unspecified atom stereocenters. The lowest BCUT2D eigenvalue weighted by Crippen LogP contribution is -2.57. The standard InChI is InChI=1S/C22H25NO7/c1-28-19(25)10-12-22-14-23(21(27)30-15-6-4-3-5-7-15)13-11-17(22)16(20(26)29-2)8-9-18(22)24/h3-8,17H,9-14H2,1-2H3. The number of hydrogen-bond donors (Lipinski definition) is 0. The summed E-state index contributed by atoms with van der Waals surface area (Å²) in [4.78, 5) is 51.5. The van der Waals surface area contributed by atoms with Crippen molar-refractivity contribution in [2.75, 3.05) is 27.3 Å². The quantitative estimate of drug-likeness (QED) is 0.682. The number of likely N-dealkylation sites (tertiary alicyclic amines) is 1. The van der Waals surface area contributed by atoms with Gasteiger partial charge in [0, 0.05) is 37.4 Å². The molecule has 1 saturated heterocycles. The minimum absolute atomic E-state index is 0.00870. The number of nitrogens with zero attached hydrogens (tertiary/aromatic N) is 1. The number of Topliss-reactive ketones (excluding diaryl/α,β-unsaturated/α-hetero) is 1. The maximum atomic E-state index is 13.1. The van der Waals surface area contributed by atoms with Gasteiger partial charge < -0.3 is 19.1 Å². The van der Waals surface area contributed by atoms with E-state index in [2.05, 4.69) is 0 Å². The number of amides is 1. The first-order valence-electron chi connectivity index (χ1n) is 9.81. The van der Waals surface area contributed by atoms with Crippen LogP contribution in [0.4, 0.5) is 4.79 Å². The van der Waals surface area contributed by atoms with E-state index in [4.69, 9.17) is 14.2 Å². The summed E-state index contributed by atoms with van der Waals surface area (Å²) >= 11 is 0. The molecule has 0 saturated carbocycles. The molecule has 1 fully saturated rings. The predicted octanol–water partition coefficient (Wildman–Crippen LogP) is 2.52. The summed E-state index contributed by atoms with van der Waals surface area (Å²) in [5.74, 6) is -1.08. The molecule has 0 N–H and O–H groups in total. The maximum absolute atomic E-state index is 13.1. The Labute approximate surface area is 174 Å². The van der Waals surface area contributed by atoms with Crippen LogP contribution in [0.3, 0.4) is 0 Å². The molecule has 1 aliphatic carbocycles. The molecule has 1 amide bonds. The molecule has 1 aromatic rings. The number of allylic oxidation sites excluding steroid dienone is 1. The third kappa shape index (κ3) is 4.22. The van der Waals surface area contributed by atoms with Gasteiger partial charge in [0.2, 0.25) is 0 Å². The van der Waals surface area contributed by atoms with E-state index < -0.39 is 29.4 Å². The van der Waals surface area contributed by atoms with E-state index in [1.807, 2.05) is 6.07 Å². The van der Waals surface area contributed by atoms with Crippen molar-refractivity contribution in [3.63, 3.8) is 0 Å². The molecule has 8 heteroatoms. The van der Waals surface area contributed by atoms with Gasteiger partial charge in [0.15, 0.2) is 0 Å². The average molecular weight is 415 g/mol. The van der Waals surface area contributed by atoms with Crippen LogP contribution in [-0.4, -0.2) is 56.0 Å². The van der Waals surface area contributed by atoms with E-state index in [9.17, 15) is 19.2 Å². The summed E-state index contributed by atoms with van der Waals surface area (Å²) in [5.41, 5.74) is -0.640. The molecule has 30 heavy (non-hydrogen) atoms. The van der Waals surface area contributed by atoms with Crippen molar-refractivity contribution >= 4 is 23.8 Å². The van der Waals surface area contributed by atoms with Crippen LogP contribution in [0.15, 0.2) is 42.0 Å². The lowest BCUT2D eigenvalue weighted by Gasteiger charge is -2.49. The number of ether oxygens (including phenoxy) is 3. The van der Waals surface area contributed by atoms with Crippen LogP contribution in [-0.2, 0) is 23.9 Å². The van der Waals surface area contributed by atoms with Gasteiger partial charge in [-0.05, 0) is 25.0 Å². The number of para-hydroxylation sites is 1. The molecule has 3 rings (SSSR count). The van der Waals surface area contributed by atoms with E-state index in [1.54, 1.807) is 30.3 Å². The smallest absolute Gasteiger partial charge is 0.415 e. The Morgan fingerprint density at radius 3 is 2.53 bits per heavy atom. The third-order valence-electron chi connectivity index (χ3n) is 5.90. The van der Waals surface area contributed by atoms with Gasteiger partial charge in [0.1, 0.15) is 11.5 Å². The predicted molar refractivity (Wildman–Crippen MR) is 106 cm³/mol. The van der Waals surface area contributed by atoms with Gasteiger partial charge in [0.05, 0.1) is 19.6 Å². The number of carbonyl (C=O) groups excluding carboxylic acids is 4. The fourth-order valence-corrected chi connectivity index (χ4v) is 4.35. The lowest BCUT2D eigenvalue weighted by atomic mass is 9.59. The van der Waals surface area contributed by atoms with E-state index >= 15 is 0 Å². The number of piperidine rings is 1. The third-order valence-corrected chi connectivity index (χ3v) is 5.90. The van der Waals surface area contributed by atoms with Gasteiger partial charge >= 0.3 is 18.0 Å². The molecule has 1 aromatic carbocycles. The van der Waals surface area contributed by atoms with Crippen LogP contribution in [0.2, 0.25) is 0 Å². The normalized spacial score (nSPS) is 23.1. The molecule has 8 nitrogen and oxygen atoms in total. The number of hydrogen-bond acceptors (Lipinski definition) is 7. The monoisotopic (exact) mass is 415 g/mol.